The summed E-state index contributed by atoms with van der Waals surface area (Å²) in [6.45, 7) is -0.288. The van der Waals surface area contributed by atoms with Crippen LogP contribution in [-0.4, -0.2) is 43.4 Å². The van der Waals surface area contributed by atoms with Gasteiger partial charge in [0.2, 0.25) is 0 Å². The van der Waals surface area contributed by atoms with Gasteiger partial charge >= 0.3 is 5.97 Å². The summed E-state index contributed by atoms with van der Waals surface area (Å²) in [5.41, 5.74) is 1.10. The molecule has 6 nitrogen and oxygen atoms in total. The number of ether oxygens (including phenoxy) is 1. The van der Waals surface area contributed by atoms with Crippen molar-refractivity contribution in [2.75, 3.05) is 26.0 Å². The van der Waals surface area contributed by atoms with Crippen molar-refractivity contribution in [1.29, 1.82) is 0 Å². The van der Waals surface area contributed by atoms with Crippen molar-refractivity contribution in [2.45, 2.75) is 32.1 Å². The Bertz CT molecular complexity index is 590. The highest BCUT2D eigenvalue weighted by molar-refractivity contribution is 5.96. The molecule has 0 spiro atoms. The number of anilines is 1. The molecule has 0 heterocycles. The van der Waals surface area contributed by atoms with E-state index in [9.17, 15) is 14.4 Å². The molecule has 0 atom stereocenters. The van der Waals surface area contributed by atoms with E-state index in [1.807, 2.05) is 0 Å². The average Bonchev–Trinajstić information content (AvgIpc) is 3.06. The molecule has 0 unspecified atom stereocenters. The van der Waals surface area contributed by atoms with Gasteiger partial charge < -0.3 is 15.0 Å². The fraction of sp³-hybridized carbons (Fsp3) is 0.500. The molecule has 0 radical (unpaired) electrons. The predicted octanol–water partition coefficient (Wildman–Crippen LogP) is 2.45. The summed E-state index contributed by atoms with van der Waals surface area (Å²) in [7, 11) is 3.36. The Hall–Kier alpha value is -2.37. The Morgan fingerprint density at radius 1 is 1.12 bits per heavy atom. The van der Waals surface area contributed by atoms with Gasteiger partial charge in [0.1, 0.15) is 0 Å². The van der Waals surface area contributed by atoms with Crippen molar-refractivity contribution >= 4 is 23.5 Å². The van der Waals surface area contributed by atoms with Gasteiger partial charge in [-0.15, -0.1) is 0 Å². The van der Waals surface area contributed by atoms with Gasteiger partial charge in [-0.25, -0.2) is 0 Å². The van der Waals surface area contributed by atoms with Crippen molar-refractivity contribution in [3.8, 4) is 0 Å². The standard InChI is InChI=1S/C18H24N2O4/c1-20(2)18(23)14-7-9-15(10-8-14)19-16(21)12-24-17(22)11-13-5-3-4-6-13/h7-10,13H,3-6,11-12H2,1-2H3,(H,19,21). The molecule has 0 bridgehead atoms. The number of amides is 2. The number of carbonyl (C=O) groups excluding carboxylic acids is 3. The third-order valence-electron chi connectivity index (χ3n) is 4.12. The first-order valence-electron chi connectivity index (χ1n) is 8.23. The molecule has 1 aliphatic rings. The van der Waals surface area contributed by atoms with Crippen molar-refractivity contribution in [2.24, 2.45) is 5.92 Å². The average molecular weight is 332 g/mol. The molecule has 130 valence electrons. The van der Waals surface area contributed by atoms with Gasteiger partial charge in [0, 0.05) is 31.8 Å². The second-order valence-corrected chi connectivity index (χ2v) is 6.34. The molecule has 2 rings (SSSR count). The molecule has 1 aliphatic carbocycles. The van der Waals surface area contributed by atoms with Gasteiger partial charge in [-0.05, 0) is 43.0 Å². The van der Waals surface area contributed by atoms with Crippen molar-refractivity contribution in [1.82, 2.24) is 4.90 Å². The maximum absolute atomic E-state index is 11.8. The highest BCUT2D eigenvalue weighted by Crippen LogP contribution is 2.27. The maximum Gasteiger partial charge on any atom is 0.306 e. The van der Waals surface area contributed by atoms with Gasteiger partial charge in [0.15, 0.2) is 6.61 Å². The molecular formula is C18H24N2O4. The summed E-state index contributed by atoms with van der Waals surface area (Å²) in [6.07, 6.45) is 4.88. The lowest BCUT2D eigenvalue weighted by atomic mass is 10.1. The van der Waals surface area contributed by atoms with Crippen molar-refractivity contribution in [3.63, 3.8) is 0 Å². The van der Waals surface area contributed by atoms with Crippen LogP contribution >= 0.6 is 0 Å². The monoisotopic (exact) mass is 332 g/mol. The largest absolute Gasteiger partial charge is 0.456 e. The first-order valence-corrected chi connectivity index (χ1v) is 8.23. The number of nitrogens with zero attached hydrogens (tertiary/aromatic N) is 1. The van der Waals surface area contributed by atoms with E-state index >= 15 is 0 Å². The maximum atomic E-state index is 11.8. The second kappa shape index (κ2) is 8.47. The Morgan fingerprint density at radius 3 is 2.33 bits per heavy atom. The van der Waals surface area contributed by atoms with Gasteiger partial charge in [-0.2, -0.15) is 0 Å². The van der Waals surface area contributed by atoms with Crippen LogP contribution in [0.2, 0.25) is 0 Å². The van der Waals surface area contributed by atoms with E-state index < -0.39 is 0 Å². The normalized spacial score (nSPS) is 14.2. The van der Waals surface area contributed by atoms with Crippen LogP contribution in [0.15, 0.2) is 24.3 Å². The molecule has 0 aromatic heterocycles. The van der Waals surface area contributed by atoms with Gasteiger partial charge in [-0.1, -0.05) is 12.8 Å². The number of rotatable bonds is 6. The lowest BCUT2D eigenvalue weighted by Gasteiger charge is -2.11. The van der Waals surface area contributed by atoms with Crippen LogP contribution < -0.4 is 5.32 Å². The van der Waals surface area contributed by atoms with Crippen LogP contribution in [0.3, 0.4) is 0 Å². The molecular weight excluding hydrogens is 308 g/mol. The van der Waals surface area contributed by atoms with E-state index in [1.165, 1.54) is 17.7 Å². The molecule has 1 aromatic rings. The topological polar surface area (TPSA) is 75.7 Å². The van der Waals surface area contributed by atoms with Crippen LogP contribution in [0.4, 0.5) is 5.69 Å². The van der Waals surface area contributed by atoms with Gasteiger partial charge in [0.05, 0.1) is 0 Å². The summed E-state index contributed by atoms with van der Waals surface area (Å²) in [5, 5.41) is 2.65. The van der Waals surface area contributed by atoms with Crippen molar-refractivity contribution < 1.29 is 19.1 Å². The fourth-order valence-corrected chi connectivity index (χ4v) is 2.81. The van der Waals surface area contributed by atoms with Crippen LogP contribution in [0.1, 0.15) is 42.5 Å². The zero-order valence-electron chi connectivity index (χ0n) is 14.2. The minimum absolute atomic E-state index is 0.103. The summed E-state index contributed by atoms with van der Waals surface area (Å²) in [4.78, 5) is 36.8. The Kier molecular flexibility index (Phi) is 6.35. The first kappa shape index (κ1) is 18.0. The highest BCUT2D eigenvalue weighted by atomic mass is 16.5. The quantitative estimate of drug-likeness (QED) is 0.812. The summed E-state index contributed by atoms with van der Waals surface area (Å²) < 4.78 is 5.02. The van der Waals surface area contributed by atoms with Gasteiger partial charge in [-0.3, -0.25) is 14.4 Å². The lowest BCUT2D eigenvalue weighted by Crippen LogP contribution is -2.22. The lowest BCUT2D eigenvalue weighted by molar-refractivity contribution is -0.148. The number of carbonyl (C=O) groups is 3. The Morgan fingerprint density at radius 2 is 1.75 bits per heavy atom. The Balaban J connectivity index is 1.75. The fourth-order valence-electron chi connectivity index (χ4n) is 2.81. The van der Waals surface area contributed by atoms with Crippen LogP contribution in [0.25, 0.3) is 0 Å². The van der Waals surface area contributed by atoms with Gasteiger partial charge in [0.25, 0.3) is 11.8 Å². The first-order chi connectivity index (χ1) is 11.5. The summed E-state index contributed by atoms with van der Waals surface area (Å²) >= 11 is 0. The molecule has 0 saturated heterocycles. The minimum Gasteiger partial charge on any atom is -0.456 e. The molecule has 24 heavy (non-hydrogen) atoms. The zero-order chi connectivity index (χ0) is 17.5. The Labute approximate surface area is 142 Å². The molecule has 6 heteroatoms. The predicted molar refractivity (Wildman–Crippen MR) is 90.6 cm³/mol. The van der Waals surface area contributed by atoms with Crippen LogP contribution in [0, 0.1) is 5.92 Å². The van der Waals surface area contributed by atoms with E-state index in [0.717, 1.165) is 12.8 Å². The molecule has 1 saturated carbocycles. The van der Waals surface area contributed by atoms with E-state index in [1.54, 1.807) is 38.4 Å². The number of hydrogen-bond acceptors (Lipinski definition) is 4. The van der Waals surface area contributed by atoms with E-state index in [-0.39, 0.29) is 24.4 Å². The third kappa shape index (κ3) is 5.37. The molecule has 1 N–H and O–H groups in total. The summed E-state index contributed by atoms with van der Waals surface area (Å²) in [6, 6.07) is 6.58. The third-order valence-corrected chi connectivity index (χ3v) is 4.12. The number of benzene rings is 1. The van der Waals surface area contributed by atoms with E-state index in [2.05, 4.69) is 5.32 Å². The SMILES string of the molecule is CN(C)C(=O)c1ccc(NC(=O)COC(=O)CC2CCCC2)cc1. The zero-order valence-corrected chi connectivity index (χ0v) is 14.2. The smallest absolute Gasteiger partial charge is 0.306 e. The van der Waals surface area contributed by atoms with Crippen molar-refractivity contribution in [3.05, 3.63) is 29.8 Å². The van der Waals surface area contributed by atoms with E-state index in [4.69, 9.17) is 4.74 Å². The number of esters is 1. The number of nitrogens with one attached hydrogen (secondary N) is 1. The highest BCUT2D eigenvalue weighted by Gasteiger charge is 2.19. The van der Waals surface area contributed by atoms with Crippen LogP contribution in [-0.2, 0) is 14.3 Å². The van der Waals surface area contributed by atoms with E-state index in [0.29, 0.717) is 23.6 Å². The number of hydrogen-bond donors (Lipinski definition) is 1. The summed E-state index contributed by atoms with van der Waals surface area (Å²) in [5.74, 6) is -0.401. The molecule has 1 fully saturated rings. The molecule has 0 aliphatic heterocycles. The molecule has 1 aromatic carbocycles. The minimum atomic E-state index is -0.388. The molecule has 2 amide bonds. The second-order valence-electron chi connectivity index (χ2n) is 6.34. The van der Waals surface area contributed by atoms with Crippen LogP contribution in [0.5, 0.6) is 0 Å².